The smallest absolute Gasteiger partial charge is 0.264 e. The molecule has 0 bridgehead atoms. The van der Waals surface area contributed by atoms with Crippen LogP contribution in [0.4, 0.5) is 5.69 Å². The number of aryl methyl sites for hydroxylation is 1. The number of benzene rings is 3. The highest BCUT2D eigenvalue weighted by Gasteiger charge is 2.33. The Kier molecular flexibility index (Phi) is 11.2. The van der Waals surface area contributed by atoms with Gasteiger partial charge in [-0.2, -0.15) is 0 Å². The number of carbonyl (C=O) groups excluding carboxylic acids is 2. The summed E-state index contributed by atoms with van der Waals surface area (Å²) in [5.41, 5.74) is 2.11. The van der Waals surface area contributed by atoms with Gasteiger partial charge in [-0.15, -0.1) is 0 Å². The summed E-state index contributed by atoms with van der Waals surface area (Å²) < 4.78 is 45.4. The zero-order chi connectivity index (χ0) is 30.9. The first-order chi connectivity index (χ1) is 20.0. The summed E-state index contributed by atoms with van der Waals surface area (Å²) in [5.74, 6) is 0.255. The van der Waals surface area contributed by atoms with Gasteiger partial charge in [-0.05, 0) is 69.7 Å². The molecule has 0 aliphatic carbocycles. The van der Waals surface area contributed by atoms with Gasteiger partial charge in [0.1, 0.15) is 18.3 Å². The molecule has 0 saturated carbocycles. The number of amides is 2. The third kappa shape index (κ3) is 7.73. The van der Waals surface area contributed by atoms with E-state index < -0.39 is 28.5 Å². The molecule has 0 heterocycles. The third-order valence-electron chi connectivity index (χ3n) is 6.65. The number of sulfonamides is 1. The Morgan fingerprint density at radius 2 is 1.55 bits per heavy atom. The number of anilines is 1. The molecule has 1 N–H and O–H groups in total. The molecule has 0 fully saturated rings. The predicted octanol–water partition coefficient (Wildman–Crippen LogP) is 4.16. The van der Waals surface area contributed by atoms with Crippen LogP contribution in [-0.2, 0) is 26.2 Å². The number of methoxy groups -OCH3 is 2. The lowest BCUT2D eigenvalue weighted by Gasteiger charge is -2.32. The standard InChI is InChI=1S/C31H39N3O7S/c1-7-32-31(36)23(4)33(20-24-11-9-22(3)10-12-24)30(35)21-34(25-13-15-26(16-14-25)41-8-2)42(37,38)27-17-18-28(39-5)29(19-27)40-6/h9-19,23H,7-8,20-21H2,1-6H3,(H,32,36). The molecule has 0 aromatic heterocycles. The molecule has 1 atom stereocenters. The van der Waals surface area contributed by atoms with Gasteiger partial charge in [-0.25, -0.2) is 8.42 Å². The number of nitrogens with zero attached hydrogens (tertiary/aromatic N) is 2. The van der Waals surface area contributed by atoms with E-state index in [-0.39, 0.29) is 28.8 Å². The van der Waals surface area contributed by atoms with Gasteiger partial charge >= 0.3 is 0 Å². The average Bonchev–Trinajstić information content (AvgIpc) is 2.99. The Bertz CT molecular complexity index is 1460. The number of nitrogens with one attached hydrogen (secondary N) is 1. The van der Waals surface area contributed by atoms with Crippen molar-refractivity contribution in [3.63, 3.8) is 0 Å². The molecule has 3 aromatic rings. The first-order valence-corrected chi connectivity index (χ1v) is 15.1. The summed E-state index contributed by atoms with van der Waals surface area (Å²) in [6.45, 7) is 7.61. The highest BCUT2D eigenvalue weighted by atomic mass is 32.2. The normalized spacial score (nSPS) is 11.8. The second kappa shape index (κ2) is 14.6. The maximum absolute atomic E-state index is 14.1. The van der Waals surface area contributed by atoms with E-state index in [2.05, 4.69) is 5.32 Å². The molecule has 42 heavy (non-hydrogen) atoms. The molecule has 226 valence electrons. The SMILES string of the molecule is CCNC(=O)C(C)N(Cc1ccc(C)cc1)C(=O)CN(c1ccc(OCC)cc1)S(=O)(=O)c1ccc(OC)c(OC)c1. The highest BCUT2D eigenvalue weighted by Crippen LogP contribution is 2.33. The average molecular weight is 598 g/mol. The van der Waals surface area contributed by atoms with Gasteiger partial charge in [0.15, 0.2) is 11.5 Å². The van der Waals surface area contributed by atoms with E-state index in [0.717, 1.165) is 15.4 Å². The van der Waals surface area contributed by atoms with Gasteiger partial charge < -0.3 is 24.4 Å². The van der Waals surface area contributed by atoms with Crippen molar-refractivity contribution in [1.29, 1.82) is 0 Å². The van der Waals surface area contributed by atoms with Crippen molar-refractivity contribution >= 4 is 27.5 Å². The molecule has 11 heteroatoms. The molecule has 1 unspecified atom stereocenters. The Morgan fingerprint density at radius 1 is 0.905 bits per heavy atom. The van der Waals surface area contributed by atoms with Crippen molar-refractivity contribution in [3.05, 3.63) is 77.9 Å². The Hall–Kier alpha value is -4.25. The molecule has 0 aliphatic heterocycles. The fourth-order valence-corrected chi connectivity index (χ4v) is 5.73. The summed E-state index contributed by atoms with van der Waals surface area (Å²) in [6.07, 6.45) is 0. The van der Waals surface area contributed by atoms with Crippen LogP contribution >= 0.6 is 0 Å². The fourth-order valence-electron chi connectivity index (χ4n) is 4.30. The van der Waals surface area contributed by atoms with E-state index in [4.69, 9.17) is 14.2 Å². The van der Waals surface area contributed by atoms with E-state index in [0.29, 0.717) is 24.7 Å². The van der Waals surface area contributed by atoms with Crippen LogP contribution in [0.3, 0.4) is 0 Å². The first-order valence-electron chi connectivity index (χ1n) is 13.7. The van der Waals surface area contributed by atoms with Crippen LogP contribution < -0.4 is 23.8 Å². The van der Waals surface area contributed by atoms with E-state index in [1.54, 1.807) is 38.1 Å². The van der Waals surface area contributed by atoms with Crippen LogP contribution in [0.25, 0.3) is 0 Å². The molecular formula is C31H39N3O7S. The maximum Gasteiger partial charge on any atom is 0.264 e. The monoisotopic (exact) mass is 597 g/mol. The minimum Gasteiger partial charge on any atom is -0.494 e. The van der Waals surface area contributed by atoms with E-state index in [9.17, 15) is 18.0 Å². The maximum atomic E-state index is 14.1. The Balaban J connectivity index is 2.07. The summed E-state index contributed by atoms with van der Waals surface area (Å²) in [5, 5.41) is 2.75. The van der Waals surface area contributed by atoms with Gasteiger partial charge in [0.25, 0.3) is 10.0 Å². The van der Waals surface area contributed by atoms with Crippen molar-refractivity contribution in [2.75, 3.05) is 38.2 Å². The number of ether oxygens (including phenoxy) is 3. The van der Waals surface area contributed by atoms with Gasteiger partial charge in [-0.1, -0.05) is 29.8 Å². The van der Waals surface area contributed by atoms with Crippen LogP contribution in [0.15, 0.2) is 71.6 Å². The largest absolute Gasteiger partial charge is 0.494 e. The minimum absolute atomic E-state index is 0.0938. The molecule has 10 nitrogen and oxygen atoms in total. The number of hydrogen-bond acceptors (Lipinski definition) is 7. The van der Waals surface area contributed by atoms with Gasteiger partial charge in [0.05, 0.1) is 31.4 Å². The van der Waals surface area contributed by atoms with Crippen molar-refractivity contribution in [1.82, 2.24) is 10.2 Å². The molecule has 3 aromatic carbocycles. The lowest BCUT2D eigenvalue weighted by atomic mass is 10.1. The lowest BCUT2D eigenvalue weighted by Crippen LogP contribution is -2.51. The Labute approximate surface area is 248 Å². The minimum atomic E-state index is -4.29. The molecule has 0 radical (unpaired) electrons. The van der Waals surface area contributed by atoms with Gasteiger partial charge in [-0.3, -0.25) is 13.9 Å². The lowest BCUT2D eigenvalue weighted by molar-refractivity contribution is -0.139. The van der Waals surface area contributed by atoms with Gasteiger partial charge in [0.2, 0.25) is 11.8 Å². The number of likely N-dealkylation sites (N-methyl/N-ethyl adjacent to an activating group) is 1. The van der Waals surface area contributed by atoms with Crippen LogP contribution in [0.1, 0.15) is 31.9 Å². The number of hydrogen-bond donors (Lipinski definition) is 1. The number of rotatable bonds is 14. The van der Waals surface area contributed by atoms with Crippen molar-refractivity contribution in [2.45, 2.75) is 45.2 Å². The second-order valence-electron chi connectivity index (χ2n) is 9.53. The van der Waals surface area contributed by atoms with Crippen LogP contribution in [-0.4, -0.2) is 65.1 Å². The Morgan fingerprint density at radius 3 is 2.12 bits per heavy atom. The van der Waals surface area contributed by atoms with Gasteiger partial charge in [0, 0.05) is 19.2 Å². The van der Waals surface area contributed by atoms with Crippen molar-refractivity contribution < 1.29 is 32.2 Å². The summed E-state index contributed by atoms with van der Waals surface area (Å²) in [4.78, 5) is 28.1. The zero-order valence-corrected chi connectivity index (χ0v) is 25.7. The molecule has 3 rings (SSSR count). The molecular weight excluding hydrogens is 558 g/mol. The number of carbonyl (C=O) groups is 2. The summed E-state index contributed by atoms with van der Waals surface area (Å²) in [7, 11) is -1.43. The molecule has 0 spiro atoms. The molecule has 0 saturated heterocycles. The summed E-state index contributed by atoms with van der Waals surface area (Å²) >= 11 is 0. The van der Waals surface area contributed by atoms with E-state index in [1.165, 1.54) is 37.3 Å². The first kappa shape index (κ1) is 32.3. The molecule has 0 aliphatic rings. The van der Waals surface area contributed by atoms with E-state index >= 15 is 0 Å². The quantitative estimate of drug-likeness (QED) is 0.297. The summed E-state index contributed by atoms with van der Waals surface area (Å²) in [6, 6.07) is 17.4. The second-order valence-corrected chi connectivity index (χ2v) is 11.4. The van der Waals surface area contributed by atoms with Crippen molar-refractivity contribution in [2.24, 2.45) is 0 Å². The molecule has 2 amide bonds. The fraction of sp³-hybridized carbons (Fsp3) is 0.355. The topological polar surface area (TPSA) is 114 Å². The van der Waals surface area contributed by atoms with E-state index in [1.807, 2.05) is 38.1 Å². The van der Waals surface area contributed by atoms with Crippen LogP contribution in [0, 0.1) is 6.92 Å². The predicted molar refractivity (Wildman–Crippen MR) is 162 cm³/mol. The van der Waals surface area contributed by atoms with Crippen LogP contribution in [0.2, 0.25) is 0 Å². The zero-order valence-electron chi connectivity index (χ0n) is 24.9. The highest BCUT2D eigenvalue weighted by molar-refractivity contribution is 7.92. The van der Waals surface area contributed by atoms with Crippen molar-refractivity contribution in [3.8, 4) is 17.2 Å². The van der Waals surface area contributed by atoms with Crippen LogP contribution in [0.5, 0.6) is 17.2 Å². The third-order valence-corrected chi connectivity index (χ3v) is 8.42.